The van der Waals surface area contributed by atoms with Crippen molar-refractivity contribution in [3.05, 3.63) is 142 Å². The van der Waals surface area contributed by atoms with Crippen molar-refractivity contribution in [1.82, 2.24) is 19.7 Å². The van der Waals surface area contributed by atoms with E-state index in [1.165, 1.54) is 12.1 Å². The van der Waals surface area contributed by atoms with Gasteiger partial charge in [0.1, 0.15) is 17.4 Å². The summed E-state index contributed by atoms with van der Waals surface area (Å²) in [7, 11) is -3.67. The lowest BCUT2D eigenvalue weighted by atomic mass is 9.94. The number of hydrogen-bond acceptors (Lipinski definition) is 7. The highest BCUT2D eigenvalue weighted by Crippen LogP contribution is 2.44. The Morgan fingerprint density at radius 2 is 1.58 bits per heavy atom. The molecule has 7 rings (SSSR count). The molecule has 0 saturated carbocycles. The molecule has 2 aliphatic heterocycles. The van der Waals surface area contributed by atoms with Gasteiger partial charge in [-0.3, -0.25) is 24.0 Å². The van der Waals surface area contributed by atoms with Crippen molar-refractivity contribution in [2.75, 3.05) is 45.5 Å². The number of nitrogens with zero attached hydrogens (tertiary/aromatic N) is 4. The van der Waals surface area contributed by atoms with E-state index in [1.54, 1.807) is 41.1 Å². The molecule has 12 heteroatoms. The average Bonchev–Trinajstić information content (AvgIpc) is 3.48. The second kappa shape index (κ2) is 15.4. The second-order valence-electron chi connectivity index (χ2n) is 13.0. The number of hydrogen-bond donors (Lipinski definition) is 1. The predicted octanol–water partition coefficient (Wildman–Crippen LogP) is 6.68. The maximum absolute atomic E-state index is 14.6. The fraction of sp³-hybridized carbons (Fsp3) is 0.275. The average molecular weight is 723 g/mol. The van der Waals surface area contributed by atoms with Crippen LogP contribution in [0.2, 0.25) is 0 Å². The summed E-state index contributed by atoms with van der Waals surface area (Å²) < 4.78 is 38.0. The number of carbonyl (C=O) groups is 2. The zero-order valence-corrected chi connectivity index (χ0v) is 29.8. The Labute approximate surface area is 301 Å². The summed E-state index contributed by atoms with van der Waals surface area (Å²) in [6.45, 7) is 4.41. The van der Waals surface area contributed by atoms with Crippen LogP contribution in [0.25, 0.3) is 10.9 Å². The normalized spacial score (nSPS) is 16.0. The van der Waals surface area contributed by atoms with Crippen LogP contribution in [-0.4, -0.2) is 81.9 Å². The monoisotopic (exact) mass is 722 g/mol. The Hall–Kier alpha value is -4.93. The van der Waals surface area contributed by atoms with E-state index in [2.05, 4.69) is 0 Å². The molecule has 0 bridgehead atoms. The molecule has 0 spiro atoms. The number of aromatic nitrogens is 1. The van der Waals surface area contributed by atoms with E-state index in [9.17, 15) is 23.4 Å². The van der Waals surface area contributed by atoms with E-state index >= 15 is 0 Å². The van der Waals surface area contributed by atoms with Crippen LogP contribution < -0.4 is 4.74 Å². The van der Waals surface area contributed by atoms with E-state index in [0.29, 0.717) is 66.1 Å². The number of carbonyl (C=O) groups excluding carboxylic acids is 2. The Bertz CT molecular complexity index is 2070. The summed E-state index contributed by atoms with van der Waals surface area (Å²) in [5.74, 6) is -0.586. The summed E-state index contributed by atoms with van der Waals surface area (Å²) >= 11 is 0. The van der Waals surface area contributed by atoms with Crippen molar-refractivity contribution in [3.63, 3.8) is 0 Å². The van der Waals surface area contributed by atoms with Crippen LogP contribution in [0.4, 0.5) is 4.39 Å². The van der Waals surface area contributed by atoms with Crippen LogP contribution >= 0.6 is 7.60 Å². The van der Waals surface area contributed by atoms with Crippen molar-refractivity contribution in [3.8, 4) is 5.75 Å². The Balaban J connectivity index is 1.28. The van der Waals surface area contributed by atoms with Gasteiger partial charge in [-0.2, -0.15) is 0 Å². The van der Waals surface area contributed by atoms with Crippen LogP contribution in [-0.2, 0) is 22.2 Å². The molecule has 0 radical (unpaired) electrons. The second-order valence-corrected chi connectivity index (χ2v) is 15.0. The van der Waals surface area contributed by atoms with Crippen molar-refractivity contribution in [2.24, 2.45) is 0 Å². The van der Waals surface area contributed by atoms with Crippen molar-refractivity contribution < 1.29 is 32.7 Å². The number of amides is 2. The number of benzene rings is 4. The highest BCUT2D eigenvalue weighted by atomic mass is 31.2. The predicted molar refractivity (Wildman–Crippen MR) is 196 cm³/mol. The number of halogens is 1. The number of pyridine rings is 1. The molecule has 1 aromatic heterocycles. The number of rotatable bonds is 12. The lowest BCUT2D eigenvalue weighted by molar-refractivity contribution is 0.0641. The molecule has 2 amide bonds. The van der Waals surface area contributed by atoms with Crippen LogP contribution in [0.5, 0.6) is 5.75 Å². The van der Waals surface area contributed by atoms with Gasteiger partial charge in [-0.15, -0.1) is 0 Å². The molecule has 10 nitrogen and oxygen atoms in total. The molecule has 1 atom stereocenters. The summed E-state index contributed by atoms with van der Waals surface area (Å²) in [6.07, 6.45) is 1.06. The maximum atomic E-state index is 14.6. The fourth-order valence-electron chi connectivity index (χ4n) is 7.00. The first-order chi connectivity index (χ1) is 25.2. The minimum absolute atomic E-state index is 0.0129. The first-order valence-corrected chi connectivity index (χ1v) is 19.2. The number of fused-ring (bicyclic) bond motifs is 2. The summed E-state index contributed by atoms with van der Waals surface area (Å²) in [5, 5.41) is 0.581. The highest BCUT2D eigenvalue weighted by molar-refractivity contribution is 7.52. The Morgan fingerprint density at radius 3 is 2.21 bits per heavy atom. The number of ether oxygens (including phenoxy) is 1. The van der Waals surface area contributed by atoms with Gasteiger partial charge >= 0.3 is 7.60 Å². The van der Waals surface area contributed by atoms with E-state index in [-0.39, 0.29) is 43.5 Å². The molecular weight excluding hydrogens is 682 g/mol. The highest BCUT2D eigenvalue weighted by Gasteiger charge is 2.39. The van der Waals surface area contributed by atoms with Crippen LogP contribution in [0, 0.1) is 5.82 Å². The number of piperazine rings is 1. The minimum Gasteiger partial charge on any atom is -0.478 e. The molecule has 1 unspecified atom stereocenters. The third-order valence-electron chi connectivity index (χ3n) is 9.60. The van der Waals surface area contributed by atoms with Gasteiger partial charge in [0, 0.05) is 63.0 Å². The lowest BCUT2D eigenvalue weighted by Gasteiger charge is -2.35. The van der Waals surface area contributed by atoms with Crippen molar-refractivity contribution in [2.45, 2.75) is 26.1 Å². The van der Waals surface area contributed by atoms with Gasteiger partial charge in [0.25, 0.3) is 11.8 Å². The summed E-state index contributed by atoms with van der Waals surface area (Å²) in [4.78, 5) is 49.4. The summed E-state index contributed by atoms with van der Waals surface area (Å²) in [5.41, 5.74) is 4.19. The fourth-order valence-corrected chi connectivity index (χ4v) is 8.07. The smallest absolute Gasteiger partial charge is 0.329 e. The van der Waals surface area contributed by atoms with Gasteiger partial charge in [0.2, 0.25) is 0 Å². The zero-order chi connectivity index (χ0) is 36.2. The Kier molecular flexibility index (Phi) is 10.5. The van der Waals surface area contributed by atoms with Crippen molar-refractivity contribution >= 4 is 30.3 Å². The van der Waals surface area contributed by atoms with Gasteiger partial charge in [-0.05, 0) is 41.8 Å². The van der Waals surface area contributed by atoms with Gasteiger partial charge in [-0.25, -0.2) is 4.39 Å². The quantitative estimate of drug-likeness (QED) is 0.142. The molecule has 1 saturated heterocycles. The third-order valence-corrected chi connectivity index (χ3v) is 11.0. The largest absolute Gasteiger partial charge is 0.478 e. The molecule has 0 aliphatic carbocycles. The van der Waals surface area contributed by atoms with Crippen LogP contribution in [0.3, 0.4) is 0 Å². The molecule has 268 valence electrons. The van der Waals surface area contributed by atoms with Crippen LogP contribution in [0.1, 0.15) is 56.0 Å². The molecule has 3 heterocycles. The van der Waals surface area contributed by atoms with Gasteiger partial charge in [-0.1, -0.05) is 78.9 Å². The molecule has 1 fully saturated rings. The van der Waals surface area contributed by atoms with Crippen LogP contribution in [0.15, 0.2) is 103 Å². The minimum atomic E-state index is -3.67. The van der Waals surface area contributed by atoms with E-state index in [4.69, 9.17) is 14.2 Å². The Morgan fingerprint density at radius 1 is 0.923 bits per heavy atom. The SMILES string of the molecule is CCOP(=O)(O)CCN1CCN(C(=O)c2c3c(c(OC(c4ccccc4)c4ccccc4)c4ncccc24)C(=O)N(Cc2ccc(F)cc2)C3)CC1. The van der Waals surface area contributed by atoms with E-state index in [0.717, 1.165) is 16.7 Å². The standard InChI is InChI=1S/C40H40FN4O6P/c1-2-50-52(48,49)25-24-43-20-22-44(23-21-43)39(46)34-32-14-9-19-42-36(32)38(51-37(29-10-5-3-6-11-29)30-12-7-4-8-13-30)35-33(34)27-45(40(35)47)26-28-15-17-31(41)18-16-28/h3-19,37H,2,20-27H2,1H3,(H,48,49). The van der Waals surface area contributed by atoms with Gasteiger partial charge < -0.3 is 24.0 Å². The summed E-state index contributed by atoms with van der Waals surface area (Å²) in [6, 6.07) is 29.2. The third kappa shape index (κ3) is 7.49. The molecular formula is C40H40FN4O6P. The molecule has 4 aromatic carbocycles. The van der Waals surface area contributed by atoms with E-state index in [1.807, 2.05) is 71.6 Å². The molecule has 1 N–H and O–H groups in total. The van der Waals surface area contributed by atoms with Gasteiger partial charge in [0.15, 0.2) is 5.75 Å². The molecule has 52 heavy (non-hydrogen) atoms. The molecule has 2 aliphatic rings. The molecule has 5 aromatic rings. The zero-order valence-electron chi connectivity index (χ0n) is 28.9. The van der Waals surface area contributed by atoms with Crippen molar-refractivity contribution in [1.29, 1.82) is 0 Å². The first-order valence-electron chi connectivity index (χ1n) is 17.4. The van der Waals surface area contributed by atoms with Gasteiger partial charge in [0.05, 0.1) is 23.9 Å². The first kappa shape index (κ1) is 35.5. The lowest BCUT2D eigenvalue weighted by Crippen LogP contribution is -2.49. The van der Waals surface area contributed by atoms with E-state index < -0.39 is 13.7 Å². The topological polar surface area (TPSA) is 113 Å². The maximum Gasteiger partial charge on any atom is 0.329 e.